The number of nitrogens with one attached hydrogen (secondary N) is 2. The van der Waals surface area contributed by atoms with Gasteiger partial charge in [-0.15, -0.1) is 0 Å². The van der Waals surface area contributed by atoms with Gasteiger partial charge in [0.25, 0.3) is 0 Å². The van der Waals surface area contributed by atoms with E-state index in [4.69, 9.17) is 0 Å². The van der Waals surface area contributed by atoms with E-state index >= 15 is 0 Å². The van der Waals surface area contributed by atoms with Gasteiger partial charge in [-0.25, -0.2) is 0 Å². The van der Waals surface area contributed by atoms with Crippen LogP contribution in [0.5, 0.6) is 0 Å². The van der Waals surface area contributed by atoms with E-state index in [1.54, 1.807) is 11.3 Å². The van der Waals surface area contributed by atoms with Gasteiger partial charge in [-0.1, -0.05) is 0 Å². The van der Waals surface area contributed by atoms with Crippen molar-refractivity contribution in [2.75, 3.05) is 36.8 Å². The van der Waals surface area contributed by atoms with E-state index in [1.807, 2.05) is 24.3 Å². The zero-order chi connectivity index (χ0) is 18.6. The third-order valence-electron chi connectivity index (χ3n) is 4.63. The quantitative estimate of drug-likeness (QED) is 0.758. The molecule has 3 rings (SSSR count). The Balaban J connectivity index is 1.50. The average Bonchev–Trinajstić information content (AvgIpc) is 3.14. The van der Waals surface area contributed by atoms with Crippen LogP contribution in [0.3, 0.4) is 0 Å². The number of hydrogen-bond donors (Lipinski definition) is 2. The molecule has 1 aromatic carbocycles. The van der Waals surface area contributed by atoms with Gasteiger partial charge >= 0.3 is 10.2 Å². The molecule has 1 saturated heterocycles. The fraction of sp³-hybridized carbons (Fsp3) is 0.444. The molecule has 1 aromatic heterocycles. The van der Waals surface area contributed by atoms with E-state index in [1.165, 1.54) is 19.7 Å². The fourth-order valence-corrected chi connectivity index (χ4v) is 4.26. The van der Waals surface area contributed by atoms with E-state index in [0.29, 0.717) is 11.7 Å². The minimum absolute atomic E-state index is 0.553. The van der Waals surface area contributed by atoms with Crippen molar-refractivity contribution in [2.45, 2.75) is 25.4 Å². The molecule has 1 fully saturated rings. The van der Waals surface area contributed by atoms with Crippen LogP contribution in [-0.4, -0.2) is 45.9 Å². The Morgan fingerprint density at radius 2 is 1.85 bits per heavy atom. The summed E-state index contributed by atoms with van der Waals surface area (Å²) in [6.07, 6.45) is 2.22. The van der Waals surface area contributed by atoms with Gasteiger partial charge in [0.15, 0.2) is 0 Å². The van der Waals surface area contributed by atoms with Crippen LogP contribution in [0.4, 0.5) is 11.4 Å². The summed E-state index contributed by atoms with van der Waals surface area (Å²) in [6, 6.07) is 10.3. The summed E-state index contributed by atoms with van der Waals surface area (Å²) in [5, 5.41) is 7.94. The van der Waals surface area contributed by atoms with Crippen molar-refractivity contribution in [2.24, 2.45) is 0 Å². The van der Waals surface area contributed by atoms with Gasteiger partial charge in [-0.05, 0) is 59.5 Å². The molecule has 0 aliphatic carbocycles. The number of piperidine rings is 1. The van der Waals surface area contributed by atoms with Gasteiger partial charge in [0.05, 0.1) is 0 Å². The molecule has 0 unspecified atom stereocenters. The predicted octanol–water partition coefficient (Wildman–Crippen LogP) is 2.73. The molecular formula is C18H26N4O2S2. The molecule has 6 nitrogen and oxygen atoms in total. The lowest BCUT2D eigenvalue weighted by Gasteiger charge is -2.34. The standard InChI is InChI=1S/C18H26N4O2S2/c1-21(2)26(23,24)20-17-3-5-18(6-4-17)22-10-7-16(8-11-22)19-13-15-9-12-25-14-15/h3-6,9,12,14,16,19-20H,7-8,10-11,13H2,1-2H3. The van der Waals surface area contributed by atoms with Crippen LogP contribution < -0.4 is 14.9 Å². The van der Waals surface area contributed by atoms with Crippen LogP contribution in [0, 0.1) is 0 Å². The highest BCUT2D eigenvalue weighted by atomic mass is 32.2. The van der Waals surface area contributed by atoms with E-state index < -0.39 is 10.2 Å². The van der Waals surface area contributed by atoms with Crippen LogP contribution >= 0.6 is 11.3 Å². The molecule has 26 heavy (non-hydrogen) atoms. The van der Waals surface area contributed by atoms with Gasteiger partial charge in [0.1, 0.15) is 0 Å². The number of hydrogen-bond acceptors (Lipinski definition) is 5. The van der Waals surface area contributed by atoms with Gasteiger partial charge in [0.2, 0.25) is 0 Å². The Kier molecular flexibility index (Phi) is 6.18. The zero-order valence-corrected chi connectivity index (χ0v) is 16.8. The molecule has 142 valence electrons. The van der Waals surface area contributed by atoms with Crippen molar-refractivity contribution in [3.8, 4) is 0 Å². The topological polar surface area (TPSA) is 64.7 Å². The summed E-state index contributed by atoms with van der Waals surface area (Å²) in [6.45, 7) is 2.95. The van der Waals surface area contributed by atoms with E-state index in [0.717, 1.165) is 42.5 Å². The van der Waals surface area contributed by atoms with Crippen molar-refractivity contribution in [1.29, 1.82) is 0 Å². The molecule has 0 saturated carbocycles. The Labute approximate surface area is 160 Å². The van der Waals surface area contributed by atoms with Crippen molar-refractivity contribution in [3.63, 3.8) is 0 Å². The van der Waals surface area contributed by atoms with Crippen LogP contribution in [0.2, 0.25) is 0 Å². The number of anilines is 2. The fourth-order valence-electron chi connectivity index (χ4n) is 2.98. The summed E-state index contributed by atoms with van der Waals surface area (Å²) in [5.74, 6) is 0. The molecule has 0 atom stereocenters. The van der Waals surface area contributed by atoms with Crippen LogP contribution in [0.1, 0.15) is 18.4 Å². The zero-order valence-electron chi connectivity index (χ0n) is 15.2. The average molecular weight is 395 g/mol. The van der Waals surface area contributed by atoms with Crippen molar-refractivity contribution in [3.05, 3.63) is 46.7 Å². The molecule has 8 heteroatoms. The summed E-state index contributed by atoms with van der Waals surface area (Å²) < 4.78 is 27.5. The third-order valence-corrected chi connectivity index (χ3v) is 6.82. The molecule has 0 radical (unpaired) electrons. The Bertz CT molecular complexity index is 781. The summed E-state index contributed by atoms with van der Waals surface area (Å²) in [7, 11) is -0.445. The Morgan fingerprint density at radius 3 is 2.42 bits per heavy atom. The largest absolute Gasteiger partial charge is 0.371 e. The second kappa shape index (κ2) is 8.39. The second-order valence-corrected chi connectivity index (χ2v) is 9.37. The lowest BCUT2D eigenvalue weighted by atomic mass is 10.0. The molecular weight excluding hydrogens is 368 g/mol. The highest BCUT2D eigenvalue weighted by molar-refractivity contribution is 7.90. The van der Waals surface area contributed by atoms with Crippen molar-refractivity contribution < 1.29 is 8.42 Å². The maximum Gasteiger partial charge on any atom is 0.301 e. The Hall–Kier alpha value is -1.61. The molecule has 0 amide bonds. The summed E-state index contributed by atoms with van der Waals surface area (Å²) >= 11 is 1.74. The molecule has 2 aromatic rings. The first-order valence-electron chi connectivity index (χ1n) is 8.74. The molecule has 1 aliphatic heterocycles. The molecule has 0 spiro atoms. The Morgan fingerprint density at radius 1 is 1.15 bits per heavy atom. The van der Waals surface area contributed by atoms with E-state index in [2.05, 4.69) is 31.8 Å². The maximum atomic E-state index is 11.9. The van der Waals surface area contributed by atoms with Crippen LogP contribution in [0.15, 0.2) is 41.1 Å². The van der Waals surface area contributed by atoms with E-state index in [-0.39, 0.29) is 0 Å². The first kappa shape index (κ1) is 19.2. The lowest BCUT2D eigenvalue weighted by molar-refractivity contribution is 0.414. The highest BCUT2D eigenvalue weighted by Gasteiger charge is 2.19. The first-order chi connectivity index (χ1) is 12.4. The summed E-state index contributed by atoms with van der Waals surface area (Å²) in [4.78, 5) is 2.35. The minimum Gasteiger partial charge on any atom is -0.371 e. The lowest BCUT2D eigenvalue weighted by Crippen LogP contribution is -2.42. The monoisotopic (exact) mass is 394 g/mol. The maximum absolute atomic E-state index is 11.9. The highest BCUT2D eigenvalue weighted by Crippen LogP contribution is 2.23. The number of rotatable bonds is 7. The second-order valence-electron chi connectivity index (χ2n) is 6.71. The van der Waals surface area contributed by atoms with Crippen molar-refractivity contribution >= 4 is 32.9 Å². The van der Waals surface area contributed by atoms with Crippen molar-refractivity contribution in [1.82, 2.24) is 9.62 Å². The molecule has 1 aliphatic rings. The van der Waals surface area contributed by atoms with Crippen LogP contribution in [-0.2, 0) is 16.8 Å². The third kappa shape index (κ3) is 4.97. The SMILES string of the molecule is CN(C)S(=O)(=O)Nc1ccc(N2CCC(NCc3ccsc3)CC2)cc1. The first-order valence-corrected chi connectivity index (χ1v) is 11.1. The molecule has 2 heterocycles. The van der Waals surface area contributed by atoms with Crippen LogP contribution in [0.25, 0.3) is 0 Å². The van der Waals surface area contributed by atoms with Gasteiger partial charge in [0, 0.05) is 51.1 Å². The molecule has 0 bridgehead atoms. The predicted molar refractivity (Wildman–Crippen MR) is 109 cm³/mol. The van der Waals surface area contributed by atoms with Gasteiger partial charge in [-0.3, -0.25) is 4.72 Å². The van der Waals surface area contributed by atoms with Gasteiger partial charge in [-0.2, -0.15) is 24.1 Å². The molecule has 2 N–H and O–H groups in total. The number of benzene rings is 1. The summed E-state index contributed by atoms with van der Waals surface area (Å²) in [5.41, 5.74) is 3.07. The number of thiophene rings is 1. The van der Waals surface area contributed by atoms with E-state index in [9.17, 15) is 8.42 Å². The minimum atomic E-state index is -3.46. The normalized spacial score (nSPS) is 16.2. The van der Waals surface area contributed by atoms with Gasteiger partial charge < -0.3 is 10.2 Å². The smallest absolute Gasteiger partial charge is 0.301 e. The number of nitrogens with zero attached hydrogens (tertiary/aromatic N) is 2.